The summed E-state index contributed by atoms with van der Waals surface area (Å²) in [6, 6.07) is 10.8. The number of rotatable bonds is 3. The zero-order chi connectivity index (χ0) is 16.7. The lowest BCUT2D eigenvalue weighted by atomic mass is 10.2. The number of amides is 1. The number of para-hydroxylation sites is 1. The van der Waals surface area contributed by atoms with Gasteiger partial charge in [0.15, 0.2) is 0 Å². The molecule has 2 aromatic rings. The molecular formula is C19H25N3OS. The molecule has 2 aliphatic rings. The van der Waals surface area contributed by atoms with Crippen molar-refractivity contribution in [3.05, 3.63) is 36.0 Å². The highest BCUT2D eigenvalue weighted by atomic mass is 32.2. The van der Waals surface area contributed by atoms with E-state index in [9.17, 15) is 4.79 Å². The Morgan fingerprint density at radius 3 is 2.62 bits per heavy atom. The van der Waals surface area contributed by atoms with Crippen LogP contribution in [0.2, 0.25) is 0 Å². The quantitative estimate of drug-likeness (QED) is 0.858. The van der Waals surface area contributed by atoms with Crippen LogP contribution in [0.15, 0.2) is 30.3 Å². The van der Waals surface area contributed by atoms with E-state index in [0.717, 1.165) is 29.7 Å². The average Bonchev–Trinajstić information content (AvgIpc) is 3.32. The maximum atomic E-state index is 13.1. The molecule has 1 amide bonds. The third-order valence-corrected chi connectivity index (χ3v) is 6.68. The molecular weight excluding hydrogens is 318 g/mol. The van der Waals surface area contributed by atoms with Crippen molar-refractivity contribution in [2.45, 2.75) is 24.1 Å². The first kappa shape index (κ1) is 16.0. The van der Waals surface area contributed by atoms with Gasteiger partial charge in [-0.15, -0.1) is 0 Å². The van der Waals surface area contributed by atoms with Crippen molar-refractivity contribution in [2.75, 3.05) is 32.4 Å². The molecule has 1 aromatic carbocycles. The summed E-state index contributed by atoms with van der Waals surface area (Å²) in [6.07, 6.45) is 4.78. The maximum Gasteiger partial charge on any atom is 0.270 e. The van der Waals surface area contributed by atoms with Crippen LogP contribution in [0, 0.1) is 0 Å². The number of nitrogens with zero attached hydrogens (tertiary/aromatic N) is 3. The van der Waals surface area contributed by atoms with E-state index >= 15 is 0 Å². The number of benzene rings is 1. The van der Waals surface area contributed by atoms with Gasteiger partial charge in [-0.3, -0.25) is 9.69 Å². The molecule has 2 fully saturated rings. The van der Waals surface area contributed by atoms with E-state index in [1.165, 1.54) is 25.9 Å². The minimum atomic E-state index is 0.175. The van der Waals surface area contributed by atoms with E-state index < -0.39 is 0 Å². The first-order valence-corrected chi connectivity index (χ1v) is 10.1. The highest BCUT2D eigenvalue weighted by Crippen LogP contribution is 2.29. The standard InChI is InChI=1S/C19H25N3OS/c1-20-15-8-4-3-7-14(15)11-16(20)19(23)22-12-17(18(13-22)24-2)21-9-5-6-10-21/h3-4,7-8,11,17-18H,5-6,9-10,12-13H2,1-2H3/t17-,18-/m1/s1. The molecule has 4 rings (SSSR count). The summed E-state index contributed by atoms with van der Waals surface area (Å²) in [4.78, 5) is 17.8. The van der Waals surface area contributed by atoms with Gasteiger partial charge in [-0.2, -0.15) is 11.8 Å². The van der Waals surface area contributed by atoms with Gasteiger partial charge in [0, 0.05) is 42.3 Å². The SMILES string of the molecule is CS[C@@H]1CN(C(=O)c2cc3ccccc3n2C)C[C@H]1N1CCCC1. The number of aryl methyl sites for hydroxylation is 1. The number of thioether (sulfide) groups is 1. The van der Waals surface area contributed by atoms with Crippen molar-refractivity contribution in [3.63, 3.8) is 0 Å². The topological polar surface area (TPSA) is 28.5 Å². The predicted octanol–water partition coefficient (Wildman–Crippen LogP) is 2.83. The summed E-state index contributed by atoms with van der Waals surface area (Å²) < 4.78 is 2.04. The highest BCUT2D eigenvalue weighted by molar-refractivity contribution is 7.99. The van der Waals surface area contributed by atoms with Gasteiger partial charge in [-0.25, -0.2) is 0 Å². The number of carbonyl (C=O) groups is 1. The van der Waals surface area contributed by atoms with Crippen LogP contribution in [0.3, 0.4) is 0 Å². The van der Waals surface area contributed by atoms with Crippen molar-refractivity contribution >= 4 is 28.6 Å². The fourth-order valence-corrected chi connectivity index (χ4v) is 5.14. The largest absolute Gasteiger partial charge is 0.340 e. The first-order chi connectivity index (χ1) is 11.7. The van der Waals surface area contributed by atoms with Gasteiger partial charge in [0.2, 0.25) is 0 Å². The molecule has 24 heavy (non-hydrogen) atoms. The third-order valence-electron chi connectivity index (χ3n) is 5.61. The Bertz CT molecular complexity index is 750. The van der Waals surface area contributed by atoms with E-state index in [1.54, 1.807) is 0 Å². The normalized spacial score (nSPS) is 25.0. The molecule has 0 N–H and O–H groups in total. The van der Waals surface area contributed by atoms with Crippen LogP contribution < -0.4 is 0 Å². The minimum absolute atomic E-state index is 0.175. The van der Waals surface area contributed by atoms with Crippen molar-refractivity contribution < 1.29 is 4.79 Å². The highest BCUT2D eigenvalue weighted by Gasteiger charge is 2.39. The van der Waals surface area contributed by atoms with E-state index in [2.05, 4.69) is 28.2 Å². The fraction of sp³-hybridized carbons (Fsp3) is 0.526. The Labute approximate surface area is 147 Å². The van der Waals surface area contributed by atoms with Gasteiger partial charge in [0.25, 0.3) is 5.91 Å². The van der Waals surface area contributed by atoms with Crippen LogP contribution in [0.5, 0.6) is 0 Å². The molecule has 2 saturated heterocycles. The third kappa shape index (κ3) is 2.64. The van der Waals surface area contributed by atoms with Gasteiger partial charge in [-0.1, -0.05) is 18.2 Å². The Balaban J connectivity index is 1.58. The van der Waals surface area contributed by atoms with E-state index in [4.69, 9.17) is 0 Å². The van der Waals surface area contributed by atoms with Crippen molar-refractivity contribution in [1.82, 2.24) is 14.4 Å². The molecule has 0 radical (unpaired) electrons. The Kier molecular flexibility index (Phi) is 4.31. The molecule has 0 unspecified atom stereocenters. The molecule has 4 nitrogen and oxygen atoms in total. The number of aromatic nitrogens is 1. The number of likely N-dealkylation sites (tertiary alicyclic amines) is 2. The summed E-state index contributed by atoms with van der Waals surface area (Å²) in [6.45, 7) is 4.12. The monoisotopic (exact) mass is 343 g/mol. The van der Waals surface area contributed by atoms with Crippen LogP contribution in [0.25, 0.3) is 10.9 Å². The molecule has 0 aliphatic carbocycles. The summed E-state index contributed by atoms with van der Waals surface area (Å²) >= 11 is 1.91. The molecule has 5 heteroatoms. The molecule has 2 atom stereocenters. The second-order valence-corrected chi connectivity index (χ2v) is 8.02. The first-order valence-electron chi connectivity index (χ1n) is 8.79. The van der Waals surface area contributed by atoms with E-state index in [-0.39, 0.29) is 5.91 Å². The number of hydrogen-bond acceptors (Lipinski definition) is 3. The Morgan fingerprint density at radius 1 is 1.17 bits per heavy atom. The fourth-order valence-electron chi connectivity index (χ4n) is 4.23. The molecule has 2 aliphatic heterocycles. The summed E-state index contributed by atoms with van der Waals surface area (Å²) in [5, 5.41) is 1.67. The van der Waals surface area contributed by atoms with Gasteiger partial charge in [0.05, 0.1) is 0 Å². The van der Waals surface area contributed by atoms with Gasteiger partial charge < -0.3 is 9.47 Å². The number of carbonyl (C=O) groups excluding carboxylic acids is 1. The number of hydrogen-bond donors (Lipinski definition) is 0. The maximum absolute atomic E-state index is 13.1. The smallest absolute Gasteiger partial charge is 0.270 e. The average molecular weight is 343 g/mol. The van der Waals surface area contributed by atoms with Crippen LogP contribution in [0.1, 0.15) is 23.3 Å². The van der Waals surface area contributed by atoms with Crippen LogP contribution in [-0.4, -0.2) is 64.0 Å². The second kappa shape index (κ2) is 6.45. The second-order valence-electron chi connectivity index (χ2n) is 6.94. The lowest BCUT2D eigenvalue weighted by Crippen LogP contribution is -2.40. The summed E-state index contributed by atoms with van der Waals surface area (Å²) in [5.74, 6) is 0.175. The van der Waals surface area contributed by atoms with Crippen molar-refractivity contribution in [3.8, 4) is 0 Å². The lowest BCUT2D eigenvalue weighted by molar-refractivity contribution is 0.0771. The van der Waals surface area contributed by atoms with Gasteiger partial charge in [-0.05, 0) is 44.3 Å². The zero-order valence-corrected chi connectivity index (χ0v) is 15.3. The minimum Gasteiger partial charge on any atom is -0.340 e. The van der Waals surface area contributed by atoms with Crippen LogP contribution in [-0.2, 0) is 7.05 Å². The molecule has 0 saturated carbocycles. The molecule has 128 valence electrons. The summed E-state index contributed by atoms with van der Waals surface area (Å²) in [7, 11) is 2.00. The molecule has 0 spiro atoms. The van der Waals surface area contributed by atoms with E-state index in [1.807, 2.05) is 41.6 Å². The van der Waals surface area contributed by atoms with Crippen molar-refractivity contribution in [1.29, 1.82) is 0 Å². The van der Waals surface area contributed by atoms with Crippen LogP contribution >= 0.6 is 11.8 Å². The lowest BCUT2D eigenvalue weighted by Gasteiger charge is -2.27. The van der Waals surface area contributed by atoms with Gasteiger partial charge >= 0.3 is 0 Å². The summed E-state index contributed by atoms with van der Waals surface area (Å²) in [5.41, 5.74) is 1.93. The zero-order valence-electron chi connectivity index (χ0n) is 14.4. The van der Waals surface area contributed by atoms with Crippen LogP contribution in [0.4, 0.5) is 0 Å². The predicted molar refractivity (Wildman–Crippen MR) is 101 cm³/mol. The molecule has 1 aromatic heterocycles. The Morgan fingerprint density at radius 2 is 1.92 bits per heavy atom. The molecule has 0 bridgehead atoms. The molecule has 3 heterocycles. The van der Waals surface area contributed by atoms with Crippen molar-refractivity contribution in [2.24, 2.45) is 7.05 Å². The van der Waals surface area contributed by atoms with E-state index in [0.29, 0.717) is 11.3 Å². The Hall–Kier alpha value is -1.46. The van der Waals surface area contributed by atoms with Gasteiger partial charge in [0.1, 0.15) is 5.69 Å². The number of fused-ring (bicyclic) bond motifs is 1.